The third-order valence-corrected chi connectivity index (χ3v) is 5.88. The number of rotatable bonds is 5. The smallest absolute Gasteiger partial charge is 0.336 e. The highest BCUT2D eigenvalue weighted by molar-refractivity contribution is 6.31. The van der Waals surface area contributed by atoms with Gasteiger partial charge in [0, 0.05) is 26.2 Å². The highest BCUT2D eigenvalue weighted by Crippen LogP contribution is 2.36. The van der Waals surface area contributed by atoms with Gasteiger partial charge in [0.15, 0.2) is 0 Å². The highest BCUT2D eigenvalue weighted by atomic mass is 35.5. The summed E-state index contributed by atoms with van der Waals surface area (Å²) in [5, 5.41) is 1.88. The van der Waals surface area contributed by atoms with Gasteiger partial charge in [0.1, 0.15) is 0 Å². The van der Waals surface area contributed by atoms with Crippen molar-refractivity contribution >= 4 is 35.0 Å². The predicted octanol–water partition coefficient (Wildman–Crippen LogP) is 4.29. The molecule has 0 saturated carbocycles. The molecule has 3 rings (SSSR count). The molecule has 0 spiro atoms. The van der Waals surface area contributed by atoms with Gasteiger partial charge in [-0.2, -0.15) is 13.2 Å². The Hall–Kier alpha value is -3.07. The number of halogens is 4. The van der Waals surface area contributed by atoms with Gasteiger partial charge < -0.3 is 15.1 Å². The SMILES string of the molecule is CC(=O)N1CCc2ccccc2C1CC(=O)N(C)CC(=O)Nc1ccc(Cl)c(C(F)(F)F)c1. The summed E-state index contributed by atoms with van der Waals surface area (Å²) in [5.74, 6) is -1.18. The van der Waals surface area contributed by atoms with Crippen molar-refractivity contribution in [3.63, 3.8) is 0 Å². The first-order valence-electron chi connectivity index (χ1n) is 10.2. The Morgan fingerprint density at radius 2 is 1.88 bits per heavy atom. The molecule has 1 aliphatic rings. The fourth-order valence-electron chi connectivity index (χ4n) is 3.89. The Bertz CT molecular complexity index is 1070. The summed E-state index contributed by atoms with van der Waals surface area (Å²) in [6.45, 7) is 1.58. The fourth-order valence-corrected chi connectivity index (χ4v) is 4.12. The summed E-state index contributed by atoms with van der Waals surface area (Å²) in [6.07, 6.45) is -3.98. The number of nitrogens with zero attached hydrogens (tertiary/aromatic N) is 2. The summed E-state index contributed by atoms with van der Waals surface area (Å²) in [5.41, 5.74) is 0.815. The van der Waals surface area contributed by atoms with Crippen LogP contribution in [0.2, 0.25) is 5.02 Å². The second-order valence-corrected chi connectivity index (χ2v) is 8.28. The Morgan fingerprint density at radius 1 is 1.18 bits per heavy atom. The summed E-state index contributed by atoms with van der Waals surface area (Å²) in [4.78, 5) is 40.1. The number of benzene rings is 2. The van der Waals surface area contributed by atoms with Crippen LogP contribution in [0.4, 0.5) is 18.9 Å². The maximum absolute atomic E-state index is 13.0. The molecule has 2 aromatic carbocycles. The second-order valence-electron chi connectivity index (χ2n) is 7.87. The molecule has 1 N–H and O–H groups in total. The van der Waals surface area contributed by atoms with E-state index in [4.69, 9.17) is 11.6 Å². The van der Waals surface area contributed by atoms with Crippen LogP contribution in [0.1, 0.15) is 36.1 Å². The summed E-state index contributed by atoms with van der Waals surface area (Å²) >= 11 is 5.59. The molecule has 0 bridgehead atoms. The summed E-state index contributed by atoms with van der Waals surface area (Å²) in [6, 6.07) is 10.2. The molecule has 2 aromatic rings. The van der Waals surface area contributed by atoms with Crippen molar-refractivity contribution in [2.45, 2.75) is 32.0 Å². The number of hydrogen-bond donors (Lipinski definition) is 1. The van der Waals surface area contributed by atoms with E-state index in [-0.39, 0.29) is 30.5 Å². The average Bonchev–Trinajstić information content (AvgIpc) is 2.74. The van der Waals surface area contributed by atoms with Crippen molar-refractivity contribution in [1.82, 2.24) is 9.80 Å². The molecule has 33 heavy (non-hydrogen) atoms. The number of anilines is 1. The van der Waals surface area contributed by atoms with Crippen molar-refractivity contribution in [3.8, 4) is 0 Å². The predicted molar refractivity (Wildman–Crippen MR) is 118 cm³/mol. The molecule has 1 unspecified atom stereocenters. The lowest BCUT2D eigenvalue weighted by atomic mass is 9.90. The highest BCUT2D eigenvalue weighted by Gasteiger charge is 2.34. The van der Waals surface area contributed by atoms with Crippen LogP contribution in [0, 0.1) is 0 Å². The molecular formula is C23H23ClF3N3O3. The van der Waals surface area contributed by atoms with Crippen molar-refractivity contribution in [2.24, 2.45) is 0 Å². The molecule has 6 nitrogen and oxygen atoms in total. The average molecular weight is 482 g/mol. The Labute approximate surface area is 194 Å². The number of nitrogens with one attached hydrogen (secondary N) is 1. The molecule has 0 saturated heterocycles. The largest absolute Gasteiger partial charge is 0.417 e. The van der Waals surface area contributed by atoms with Crippen LogP contribution in [-0.4, -0.2) is 47.7 Å². The minimum atomic E-state index is -4.66. The van der Waals surface area contributed by atoms with Crippen molar-refractivity contribution in [1.29, 1.82) is 0 Å². The number of likely N-dealkylation sites (N-methyl/N-ethyl adjacent to an activating group) is 1. The number of fused-ring (bicyclic) bond motifs is 1. The van der Waals surface area contributed by atoms with Crippen molar-refractivity contribution < 1.29 is 27.6 Å². The van der Waals surface area contributed by atoms with Gasteiger partial charge in [0.2, 0.25) is 17.7 Å². The normalized spacial score (nSPS) is 15.6. The van der Waals surface area contributed by atoms with E-state index in [2.05, 4.69) is 5.32 Å². The van der Waals surface area contributed by atoms with Crippen LogP contribution < -0.4 is 5.32 Å². The number of hydrogen-bond acceptors (Lipinski definition) is 3. The van der Waals surface area contributed by atoms with Gasteiger partial charge in [0.25, 0.3) is 0 Å². The molecule has 10 heteroatoms. The number of carbonyl (C=O) groups excluding carboxylic acids is 3. The zero-order chi connectivity index (χ0) is 24.3. The molecule has 1 aliphatic heterocycles. The maximum Gasteiger partial charge on any atom is 0.417 e. The minimum Gasteiger partial charge on any atom is -0.336 e. The standard InChI is InChI=1S/C23H23ClF3N3O3/c1-14(31)30-10-9-15-5-3-4-6-17(15)20(30)12-22(33)29(2)13-21(32)28-16-7-8-19(24)18(11-16)23(25,26)27/h3-8,11,20H,9-10,12-13H2,1-2H3,(H,28,32). The lowest BCUT2D eigenvalue weighted by Gasteiger charge is -2.37. The van der Waals surface area contributed by atoms with Crippen LogP contribution >= 0.6 is 11.6 Å². The van der Waals surface area contributed by atoms with E-state index >= 15 is 0 Å². The van der Waals surface area contributed by atoms with Gasteiger partial charge in [-0.25, -0.2) is 0 Å². The summed E-state index contributed by atoms with van der Waals surface area (Å²) in [7, 11) is 1.43. The first-order valence-corrected chi connectivity index (χ1v) is 10.6. The van der Waals surface area contributed by atoms with Gasteiger partial charge in [-0.3, -0.25) is 14.4 Å². The lowest BCUT2D eigenvalue weighted by Crippen LogP contribution is -2.42. The molecule has 3 amide bonds. The zero-order valence-electron chi connectivity index (χ0n) is 18.1. The Morgan fingerprint density at radius 3 is 2.55 bits per heavy atom. The van der Waals surface area contributed by atoms with Crippen LogP contribution in [0.3, 0.4) is 0 Å². The van der Waals surface area contributed by atoms with Crippen molar-refractivity contribution in [2.75, 3.05) is 25.5 Å². The number of amides is 3. The number of alkyl halides is 3. The fraction of sp³-hybridized carbons (Fsp3) is 0.348. The Kier molecular flexibility index (Phi) is 7.31. The molecule has 0 radical (unpaired) electrons. The van der Waals surface area contributed by atoms with Crippen LogP contribution in [-0.2, 0) is 27.0 Å². The maximum atomic E-state index is 13.0. The van der Waals surface area contributed by atoms with Gasteiger partial charge in [-0.15, -0.1) is 0 Å². The van der Waals surface area contributed by atoms with Gasteiger partial charge in [-0.05, 0) is 35.7 Å². The molecule has 176 valence electrons. The first kappa shape index (κ1) is 24.6. The van der Waals surface area contributed by atoms with E-state index in [1.807, 2.05) is 24.3 Å². The topological polar surface area (TPSA) is 69.7 Å². The molecule has 0 fully saturated rings. The monoisotopic (exact) mass is 481 g/mol. The van der Waals surface area contributed by atoms with E-state index in [9.17, 15) is 27.6 Å². The minimum absolute atomic E-state index is 0.0143. The number of carbonyl (C=O) groups is 3. The van der Waals surface area contributed by atoms with E-state index in [1.54, 1.807) is 4.90 Å². The van der Waals surface area contributed by atoms with E-state index in [0.29, 0.717) is 13.0 Å². The van der Waals surface area contributed by atoms with Crippen LogP contribution in [0.5, 0.6) is 0 Å². The molecular weight excluding hydrogens is 459 g/mol. The molecule has 1 atom stereocenters. The van der Waals surface area contributed by atoms with E-state index in [0.717, 1.165) is 23.3 Å². The lowest BCUT2D eigenvalue weighted by molar-refractivity contribution is -0.138. The zero-order valence-corrected chi connectivity index (χ0v) is 18.8. The van der Waals surface area contributed by atoms with Crippen molar-refractivity contribution in [3.05, 3.63) is 64.2 Å². The molecule has 0 aromatic heterocycles. The Balaban J connectivity index is 1.67. The third-order valence-electron chi connectivity index (χ3n) is 5.55. The van der Waals surface area contributed by atoms with Crippen LogP contribution in [0.25, 0.3) is 0 Å². The van der Waals surface area contributed by atoms with E-state index in [1.165, 1.54) is 24.9 Å². The quantitative estimate of drug-likeness (QED) is 0.692. The molecule has 0 aliphatic carbocycles. The van der Waals surface area contributed by atoms with Gasteiger partial charge in [-0.1, -0.05) is 35.9 Å². The van der Waals surface area contributed by atoms with Gasteiger partial charge in [0.05, 0.1) is 29.6 Å². The van der Waals surface area contributed by atoms with Gasteiger partial charge >= 0.3 is 6.18 Å². The van der Waals surface area contributed by atoms with E-state index < -0.39 is 28.7 Å². The third kappa shape index (κ3) is 5.84. The first-order chi connectivity index (χ1) is 15.5. The second kappa shape index (κ2) is 9.82. The van der Waals surface area contributed by atoms with Crippen LogP contribution in [0.15, 0.2) is 42.5 Å². The molecule has 1 heterocycles. The summed E-state index contributed by atoms with van der Waals surface area (Å²) < 4.78 is 39.1.